The molecule has 1 amide bonds. The zero-order chi connectivity index (χ0) is 22.8. The van der Waals surface area contributed by atoms with Crippen molar-refractivity contribution in [2.75, 3.05) is 4.90 Å². The third-order valence-electron chi connectivity index (χ3n) is 5.44. The molecule has 7 heteroatoms. The number of aryl methyl sites for hydroxylation is 3. The second kappa shape index (κ2) is 9.30. The molecular formula is C25H26N4OS2. The van der Waals surface area contributed by atoms with Crippen LogP contribution in [0.5, 0.6) is 0 Å². The number of thiazole rings is 1. The highest BCUT2D eigenvalue weighted by molar-refractivity contribution is 7.98. The van der Waals surface area contributed by atoms with Crippen LogP contribution in [0.1, 0.15) is 34.9 Å². The largest absolute Gasteiger partial charge is 0.295 e. The lowest BCUT2D eigenvalue weighted by molar-refractivity contribution is -0.115. The van der Waals surface area contributed by atoms with Crippen LogP contribution in [-0.2, 0) is 10.5 Å². The number of carbonyl (C=O) groups is 1. The number of rotatable bonds is 6. The van der Waals surface area contributed by atoms with Crippen LogP contribution < -0.4 is 4.90 Å². The Balaban J connectivity index is 1.56. The van der Waals surface area contributed by atoms with Gasteiger partial charge in [-0.3, -0.25) is 14.3 Å². The Morgan fingerprint density at radius 2 is 1.94 bits per heavy atom. The van der Waals surface area contributed by atoms with Crippen LogP contribution >= 0.6 is 23.1 Å². The van der Waals surface area contributed by atoms with E-state index in [4.69, 9.17) is 4.98 Å². The van der Waals surface area contributed by atoms with Gasteiger partial charge in [0.1, 0.15) is 0 Å². The summed E-state index contributed by atoms with van der Waals surface area (Å²) in [7, 11) is 0. The van der Waals surface area contributed by atoms with Gasteiger partial charge in [-0.15, -0.1) is 11.3 Å². The minimum atomic E-state index is -0.0438. The maximum Gasteiger partial charge on any atom is 0.230 e. The van der Waals surface area contributed by atoms with E-state index in [0.717, 1.165) is 33.4 Å². The van der Waals surface area contributed by atoms with Gasteiger partial charge in [0.25, 0.3) is 0 Å². The lowest BCUT2D eigenvalue weighted by atomic mass is 10.1. The van der Waals surface area contributed by atoms with Crippen molar-refractivity contribution in [2.24, 2.45) is 0 Å². The highest BCUT2D eigenvalue weighted by Crippen LogP contribution is 2.34. The second-order valence-corrected chi connectivity index (χ2v) is 9.63. The molecule has 0 aliphatic carbocycles. The first-order chi connectivity index (χ1) is 15.3. The van der Waals surface area contributed by atoms with E-state index in [1.807, 2.05) is 36.8 Å². The Morgan fingerprint density at radius 1 is 1.12 bits per heavy atom. The quantitative estimate of drug-likeness (QED) is 0.305. The average molecular weight is 463 g/mol. The summed E-state index contributed by atoms with van der Waals surface area (Å²) >= 11 is 3.13. The average Bonchev–Trinajstić information content (AvgIpc) is 3.41. The maximum atomic E-state index is 12.5. The molecule has 0 saturated carbocycles. The molecule has 5 nitrogen and oxygen atoms in total. The van der Waals surface area contributed by atoms with E-state index >= 15 is 0 Å². The number of hydrogen-bond donors (Lipinski definition) is 0. The molecule has 0 bridgehead atoms. The molecule has 0 atom stereocenters. The lowest BCUT2D eigenvalue weighted by Crippen LogP contribution is -2.23. The third kappa shape index (κ3) is 4.49. The molecule has 0 radical (unpaired) electrons. The van der Waals surface area contributed by atoms with Gasteiger partial charge in [-0.1, -0.05) is 36.0 Å². The number of imidazole rings is 1. The molecule has 2 heterocycles. The summed E-state index contributed by atoms with van der Waals surface area (Å²) in [4.78, 5) is 23.5. The molecule has 0 spiro atoms. The zero-order valence-electron chi connectivity index (χ0n) is 18.9. The van der Waals surface area contributed by atoms with Crippen molar-refractivity contribution in [3.05, 3.63) is 82.1 Å². The van der Waals surface area contributed by atoms with Crippen molar-refractivity contribution in [1.29, 1.82) is 0 Å². The molecule has 0 N–H and O–H groups in total. The van der Waals surface area contributed by atoms with Crippen molar-refractivity contribution < 1.29 is 4.79 Å². The minimum absolute atomic E-state index is 0.0438. The smallest absolute Gasteiger partial charge is 0.230 e. The van der Waals surface area contributed by atoms with Crippen LogP contribution in [0.15, 0.2) is 59.3 Å². The third-order valence-corrected chi connectivity index (χ3v) is 7.32. The number of anilines is 2. The van der Waals surface area contributed by atoms with E-state index in [-0.39, 0.29) is 5.91 Å². The van der Waals surface area contributed by atoms with Crippen LogP contribution in [0.4, 0.5) is 10.8 Å². The molecule has 164 valence electrons. The van der Waals surface area contributed by atoms with E-state index in [9.17, 15) is 4.79 Å². The fourth-order valence-corrected chi connectivity index (χ4v) is 5.39. The van der Waals surface area contributed by atoms with Gasteiger partial charge in [-0.2, -0.15) is 0 Å². The van der Waals surface area contributed by atoms with E-state index in [1.165, 1.54) is 22.5 Å². The molecule has 4 rings (SSSR count). The summed E-state index contributed by atoms with van der Waals surface area (Å²) in [5.74, 6) is 0.634. The first-order valence-corrected chi connectivity index (χ1v) is 12.3. The first-order valence-electron chi connectivity index (χ1n) is 10.4. The van der Waals surface area contributed by atoms with Gasteiger partial charge in [-0.25, -0.2) is 9.97 Å². The standard InChI is InChI=1S/C25H26N4OS2/c1-16-9-10-18(3)23(13-16)28-12-11-26-24(28)31-14-21-15-32-25(27-21)29(20(5)30)22-8-6-7-17(2)19(22)4/h6-13,15H,14H2,1-5H3. The van der Waals surface area contributed by atoms with E-state index in [0.29, 0.717) is 10.9 Å². The van der Waals surface area contributed by atoms with Crippen LogP contribution in [0.25, 0.3) is 5.69 Å². The van der Waals surface area contributed by atoms with Crippen molar-refractivity contribution in [1.82, 2.24) is 14.5 Å². The molecule has 2 aromatic carbocycles. The Hall–Kier alpha value is -2.90. The van der Waals surface area contributed by atoms with Crippen molar-refractivity contribution in [2.45, 2.75) is 45.5 Å². The highest BCUT2D eigenvalue weighted by Gasteiger charge is 2.20. The molecule has 0 saturated heterocycles. The van der Waals surface area contributed by atoms with E-state index < -0.39 is 0 Å². The van der Waals surface area contributed by atoms with Gasteiger partial charge in [0, 0.05) is 30.5 Å². The zero-order valence-corrected chi connectivity index (χ0v) is 20.5. The number of amides is 1. The van der Waals surface area contributed by atoms with E-state index in [2.05, 4.69) is 54.6 Å². The van der Waals surface area contributed by atoms with Gasteiger partial charge in [0.05, 0.1) is 17.1 Å². The van der Waals surface area contributed by atoms with Gasteiger partial charge < -0.3 is 0 Å². The number of aromatic nitrogens is 3. The number of thioether (sulfide) groups is 1. The summed E-state index contributed by atoms with van der Waals surface area (Å²) in [5.41, 5.74) is 7.62. The predicted molar refractivity (Wildman–Crippen MR) is 133 cm³/mol. The Labute approximate surface area is 197 Å². The van der Waals surface area contributed by atoms with Gasteiger partial charge in [-0.05, 0) is 62.1 Å². The normalized spacial score (nSPS) is 11.0. The number of hydrogen-bond acceptors (Lipinski definition) is 5. The molecule has 4 aromatic rings. The summed E-state index contributed by atoms with van der Waals surface area (Å²) in [6, 6.07) is 12.4. The predicted octanol–water partition coefficient (Wildman–Crippen LogP) is 6.54. The first kappa shape index (κ1) is 22.3. The fourth-order valence-electron chi connectivity index (χ4n) is 3.55. The second-order valence-electron chi connectivity index (χ2n) is 7.85. The molecule has 2 aromatic heterocycles. The Bertz CT molecular complexity index is 1270. The summed E-state index contributed by atoms with van der Waals surface area (Å²) in [5, 5.41) is 3.64. The number of benzene rings is 2. The summed E-state index contributed by atoms with van der Waals surface area (Å²) in [6.45, 7) is 9.88. The fraction of sp³-hybridized carbons (Fsp3) is 0.240. The molecule has 0 aliphatic rings. The Morgan fingerprint density at radius 3 is 2.72 bits per heavy atom. The van der Waals surface area contributed by atoms with Crippen molar-refractivity contribution in [3.63, 3.8) is 0 Å². The van der Waals surface area contributed by atoms with Crippen LogP contribution in [-0.4, -0.2) is 20.4 Å². The molecule has 32 heavy (non-hydrogen) atoms. The van der Waals surface area contributed by atoms with Crippen LogP contribution in [0, 0.1) is 27.7 Å². The lowest BCUT2D eigenvalue weighted by Gasteiger charge is -2.21. The number of nitrogens with zero attached hydrogens (tertiary/aromatic N) is 4. The number of carbonyl (C=O) groups excluding carboxylic acids is 1. The SMILES string of the molecule is CC(=O)N(c1nc(CSc2nccn2-c2cc(C)ccc2C)cs1)c1cccc(C)c1C. The van der Waals surface area contributed by atoms with Crippen molar-refractivity contribution in [3.8, 4) is 5.69 Å². The maximum absolute atomic E-state index is 12.5. The molecule has 0 fully saturated rings. The monoisotopic (exact) mass is 462 g/mol. The van der Waals surface area contributed by atoms with Gasteiger partial charge in [0.15, 0.2) is 10.3 Å². The Kier molecular flexibility index (Phi) is 6.48. The molecule has 0 aliphatic heterocycles. The van der Waals surface area contributed by atoms with Gasteiger partial charge in [0.2, 0.25) is 5.91 Å². The summed E-state index contributed by atoms with van der Waals surface area (Å²) < 4.78 is 2.12. The highest BCUT2D eigenvalue weighted by atomic mass is 32.2. The summed E-state index contributed by atoms with van der Waals surface area (Å²) in [6.07, 6.45) is 3.82. The molecular weight excluding hydrogens is 436 g/mol. The van der Waals surface area contributed by atoms with Crippen molar-refractivity contribution >= 4 is 39.8 Å². The minimum Gasteiger partial charge on any atom is -0.295 e. The van der Waals surface area contributed by atoms with Gasteiger partial charge >= 0.3 is 0 Å². The topological polar surface area (TPSA) is 51.0 Å². The van der Waals surface area contributed by atoms with E-state index in [1.54, 1.807) is 23.6 Å². The molecule has 0 unspecified atom stereocenters. The van der Waals surface area contributed by atoms with Crippen LogP contribution in [0.2, 0.25) is 0 Å². The van der Waals surface area contributed by atoms with Crippen LogP contribution in [0.3, 0.4) is 0 Å².